The van der Waals surface area contributed by atoms with Gasteiger partial charge in [-0.2, -0.15) is 0 Å². The number of rotatable bonds is 7. The van der Waals surface area contributed by atoms with Gasteiger partial charge in [-0.25, -0.2) is 0 Å². The van der Waals surface area contributed by atoms with Crippen LogP contribution in [0.2, 0.25) is 0 Å². The summed E-state index contributed by atoms with van der Waals surface area (Å²) in [5.41, 5.74) is 0.964. The first-order valence-electron chi connectivity index (χ1n) is 5.50. The first kappa shape index (κ1) is 12.9. The van der Waals surface area contributed by atoms with Crippen LogP contribution >= 0.6 is 0 Å². The SMILES string of the molecule is C=CCC(C)(C)OCOCc1ccccc1. The Morgan fingerprint density at radius 1 is 1.25 bits per heavy atom. The Morgan fingerprint density at radius 3 is 2.56 bits per heavy atom. The van der Waals surface area contributed by atoms with Gasteiger partial charge in [0.25, 0.3) is 0 Å². The fourth-order valence-corrected chi connectivity index (χ4v) is 1.34. The van der Waals surface area contributed by atoms with Crippen molar-refractivity contribution in [1.29, 1.82) is 0 Å². The molecule has 0 bridgehead atoms. The Labute approximate surface area is 97.9 Å². The number of ether oxygens (including phenoxy) is 2. The fraction of sp³-hybridized carbons (Fsp3) is 0.429. The third-order valence-electron chi connectivity index (χ3n) is 2.28. The van der Waals surface area contributed by atoms with E-state index in [0.29, 0.717) is 13.4 Å². The van der Waals surface area contributed by atoms with Crippen molar-refractivity contribution in [2.45, 2.75) is 32.5 Å². The van der Waals surface area contributed by atoms with Crippen LogP contribution in [0.1, 0.15) is 25.8 Å². The molecule has 2 heteroatoms. The maximum absolute atomic E-state index is 5.60. The Hall–Kier alpha value is -1.12. The van der Waals surface area contributed by atoms with Crippen molar-refractivity contribution in [3.63, 3.8) is 0 Å². The summed E-state index contributed by atoms with van der Waals surface area (Å²) in [5, 5.41) is 0. The second-order valence-electron chi connectivity index (χ2n) is 4.35. The predicted octanol–water partition coefficient (Wildman–Crippen LogP) is 3.53. The van der Waals surface area contributed by atoms with E-state index in [1.54, 1.807) is 0 Å². The van der Waals surface area contributed by atoms with Gasteiger partial charge in [0.15, 0.2) is 0 Å². The van der Waals surface area contributed by atoms with Gasteiger partial charge in [-0.3, -0.25) is 0 Å². The van der Waals surface area contributed by atoms with Gasteiger partial charge >= 0.3 is 0 Å². The standard InChI is InChI=1S/C14H20O2/c1-4-10-14(2,3)16-12-15-11-13-8-6-5-7-9-13/h4-9H,1,10-12H2,2-3H3. The number of benzene rings is 1. The molecule has 1 aromatic carbocycles. The Balaban J connectivity index is 2.19. The van der Waals surface area contributed by atoms with Gasteiger partial charge in [0.2, 0.25) is 0 Å². The molecule has 0 atom stereocenters. The van der Waals surface area contributed by atoms with Gasteiger partial charge in [0.05, 0.1) is 12.2 Å². The van der Waals surface area contributed by atoms with Crippen molar-refractivity contribution in [3.8, 4) is 0 Å². The van der Waals surface area contributed by atoms with Crippen molar-refractivity contribution in [3.05, 3.63) is 48.6 Å². The molecule has 0 saturated heterocycles. The molecule has 0 fully saturated rings. The second-order valence-corrected chi connectivity index (χ2v) is 4.35. The molecule has 0 aliphatic carbocycles. The van der Waals surface area contributed by atoms with Crippen LogP contribution in [0.3, 0.4) is 0 Å². The topological polar surface area (TPSA) is 18.5 Å². The quantitative estimate of drug-likeness (QED) is 0.397. The summed E-state index contributed by atoms with van der Waals surface area (Å²) in [6.07, 6.45) is 2.68. The van der Waals surface area contributed by atoms with E-state index >= 15 is 0 Å². The highest BCUT2D eigenvalue weighted by atomic mass is 16.7. The smallest absolute Gasteiger partial charge is 0.147 e. The van der Waals surface area contributed by atoms with E-state index in [1.807, 2.05) is 50.3 Å². The molecule has 0 spiro atoms. The van der Waals surface area contributed by atoms with Crippen LogP contribution in [-0.2, 0) is 16.1 Å². The van der Waals surface area contributed by atoms with Crippen molar-refractivity contribution in [2.24, 2.45) is 0 Å². The molecule has 0 radical (unpaired) electrons. The molecule has 0 aromatic heterocycles. The third kappa shape index (κ3) is 5.10. The van der Waals surface area contributed by atoms with Crippen molar-refractivity contribution in [2.75, 3.05) is 6.79 Å². The van der Waals surface area contributed by atoms with Crippen molar-refractivity contribution in [1.82, 2.24) is 0 Å². The third-order valence-corrected chi connectivity index (χ3v) is 2.28. The highest BCUT2D eigenvalue weighted by Crippen LogP contribution is 2.14. The van der Waals surface area contributed by atoms with E-state index in [9.17, 15) is 0 Å². The van der Waals surface area contributed by atoms with Gasteiger partial charge in [-0.05, 0) is 25.8 Å². The van der Waals surface area contributed by atoms with Gasteiger partial charge in [0, 0.05) is 0 Å². The fourth-order valence-electron chi connectivity index (χ4n) is 1.34. The lowest BCUT2D eigenvalue weighted by Gasteiger charge is -2.23. The molecular formula is C14H20O2. The highest BCUT2D eigenvalue weighted by Gasteiger charge is 2.15. The maximum atomic E-state index is 5.60. The van der Waals surface area contributed by atoms with Gasteiger partial charge in [0.1, 0.15) is 6.79 Å². The summed E-state index contributed by atoms with van der Waals surface area (Å²) in [6, 6.07) is 10.1. The zero-order valence-corrected chi connectivity index (χ0v) is 10.1. The molecule has 0 saturated carbocycles. The summed E-state index contributed by atoms with van der Waals surface area (Å²) in [6.45, 7) is 8.66. The Kier molecular flexibility index (Phi) is 5.23. The molecule has 2 nitrogen and oxygen atoms in total. The number of hydrogen-bond donors (Lipinski definition) is 0. The first-order chi connectivity index (χ1) is 7.64. The lowest BCUT2D eigenvalue weighted by Crippen LogP contribution is -2.24. The van der Waals surface area contributed by atoms with E-state index in [2.05, 4.69) is 6.58 Å². The largest absolute Gasteiger partial charge is 0.351 e. The Bertz CT molecular complexity index is 304. The molecule has 88 valence electrons. The average Bonchev–Trinajstić information content (AvgIpc) is 2.26. The summed E-state index contributed by atoms with van der Waals surface area (Å²) in [7, 11) is 0. The van der Waals surface area contributed by atoms with E-state index < -0.39 is 0 Å². The van der Waals surface area contributed by atoms with Crippen LogP contribution in [-0.4, -0.2) is 12.4 Å². The van der Waals surface area contributed by atoms with E-state index in [0.717, 1.165) is 12.0 Å². The molecule has 0 aliphatic rings. The first-order valence-corrected chi connectivity index (χ1v) is 5.50. The van der Waals surface area contributed by atoms with Gasteiger partial charge in [-0.1, -0.05) is 36.4 Å². The van der Waals surface area contributed by atoms with Gasteiger partial charge < -0.3 is 9.47 Å². The highest BCUT2D eigenvalue weighted by molar-refractivity contribution is 5.13. The lowest BCUT2D eigenvalue weighted by atomic mass is 10.1. The summed E-state index contributed by atoms with van der Waals surface area (Å²) in [4.78, 5) is 0. The normalized spacial score (nSPS) is 11.4. The summed E-state index contributed by atoms with van der Waals surface area (Å²) >= 11 is 0. The minimum Gasteiger partial charge on any atom is -0.351 e. The van der Waals surface area contributed by atoms with Crippen molar-refractivity contribution >= 4 is 0 Å². The number of hydrogen-bond acceptors (Lipinski definition) is 2. The molecule has 1 rings (SSSR count). The molecule has 0 amide bonds. The molecule has 0 aliphatic heterocycles. The minimum absolute atomic E-state index is 0.196. The minimum atomic E-state index is -0.196. The molecule has 0 heterocycles. The van der Waals surface area contributed by atoms with E-state index in [1.165, 1.54) is 0 Å². The molecule has 0 unspecified atom stereocenters. The predicted molar refractivity (Wildman–Crippen MR) is 66.1 cm³/mol. The van der Waals surface area contributed by atoms with Gasteiger partial charge in [-0.15, -0.1) is 6.58 Å². The van der Waals surface area contributed by atoms with Crippen molar-refractivity contribution < 1.29 is 9.47 Å². The molecule has 0 N–H and O–H groups in total. The van der Waals surface area contributed by atoms with Crippen LogP contribution < -0.4 is 0 Å². The maximum Gasteiger partial charge on any atom is 0.147 e. The van der Waals surface area contributed by atoms with Crippen LogP contribution in [0, 0.1) is 0 Å². The van der Waals surface area contributed by atoms with E-state index in [-0.39, 0.29) is 5.60 Å². The van der Waals surface area contributed by atoms with Crippen LogP contribution in [0.25, 0.3) is 0 Å². The zero-order chi connectivity index (χ0) is 11.9. The molecule has 1 aromatic rings. The average molecular weight is 220 g/mol. The van der Waals surface area contributed by atoms with Crippen LogP contribution in [0.4, 0.5) is 0 Å². The Morgan fingerprint density at radius 2 is 1.94 bits per heavy atom. The lowest BCUT2D eigenvalue weighted by molar-refractivity contribution is -0.131. The summed E-state index contributed by atoms with van der Waals surface area (Å²) < 4.78 is 11.0. The summed E-state index contributed by atoms with van der Waals surface area (Å²) in [5.74, 6) is 0. The second kappa shape index (κ2) is 6.46. The monoisotopic (exact) mass is 220 g/mol. The van der Waals surface area contributed by atoms with Crippen LogP contribution in [0.15, 0.2) is 43.0 Å². The molecular weight excluding hydrogens is 200 g/mol. The zero-order valence-electron chi connectivity index (χ0n) is 10.1. The van der Waals surface area contributed by atoms with E-state index in [4.69, 9.17) is 9.47 Å². The van der Waals surface area contributed by atoms with Crippen LogP contribution in [0.5, 0.6) is 0 Å². The molecule has 16 heavy (non-hydrogen) atoms.